The van der Waals surface area contributed by atoms with E-state index in [0.29, 0.717) is 11.4 Å². The molecule has 0 atom stereocenters. The van der Waals surface area contributed by atoms with Crippen molar-refractivity contribution in [2.24, 2.45) is 0 Å². The molecule has 1 saturated heterocycles. The summed E-state index contributed by atoms with van der Waals surface area (Å²) in [6.07, 6.45) is 3.29. The van der Waals surface area contributed by atoms with Crippen molar-refractivity contribution in [3.63, 3.8) is 0 Å². The second kappa shape index (κ2) is 6.51. The Morgan fingerprint density at radius 1 is 1.17 bits per heavy atom. The first-order valence-corrected chi connectivity index (χ1v) is 9.81. The molecule has 2 fully saturated rings. The van der Waals surface area contributed by atoms with Gasteiger partial charge in [0.25, 0.3) is 0 Å². The van der Waals surface area contributed by atoms with Crippen LogP contribution >= 0.6 is 0 Å². The number of nitrogens with one attached hydrogen (secondary N) is 1. The maximum Gasteiger partial charge on any atom is 0.240 e. The molecule has 6 heteroatoms. The van der Waals surface area contributed by atoms with Gasteiger partial charge in [-0.2, -0.15) is 0 Å². The Bertz CT molecular complexity index is 662. The number of hydrogen-bond acceptors (Lipinski definition) is 4. The maximum atomic E-state index is 12.6. The first-order valence-electron chi connectivity index (χ1n) is 8.33. The van der Waals surface area contributed by atoms with Crippen LogP contribution in [-0.2, 0) is 14.8 Å². The monoisotopic (exact) mass is 338 g/mol. The third-order valence-electron chi connectivity index (χ3n) is 5.35. The van der Waals surface area contributed by atoms with Crippen LogP contribution in [-0.4, -0.2) is 51.7 Å². The molecule has 23 heavy (non-hydrogen) atoms. The summed E-state index contributed by atoms with van der Waals surface area (Å²) < 4.78 is 33.5. The summed E-state index contributed by atoms with van der Waals surface area (Å²) in [5.74, 6) is 0. The van der Waals surface area contributed by atoms with E-state index in [4.69, 9.17) is 4.74 Å². The average Bonchev–Trinajstić information content (AvgIpc) is 2.50. The Morgan fingerprint density at radius 2 is 1.87 bits per heavy atom. The number of rotatable bonds is 5. The van der Waals surface area contributed by atoms with Gasteiger partial charge in [0.1, 0.15) is 0 Å². The summed E-state index contributed by atoms with van der Waals surface area (Å²) >= 11 is 0. The summed E-state index contributed by atoms with van der Waals surface area (Å²) in [7, 11) is -3.46. The van der Waals surface area contributed by atoms with Gasteiger partial charge in [0.2, 0.25) is 10.0 Å². The van der Waals surface area contributed by atoms with Gasteiger partial charge in [0.05, 0.1) is 18.1 Å². The highest BCUT2D eigenvalue weighted by molar-refractivity contribution is 7.89. The lowest BCUT2D eigenvalue weighted by Gasteiger charge is -2.51. The number of morpholine rings is 1. The van der Waals surface area contributed by atoms with Gasteiger partial charge in [-0.15, -0.1) is 0 Å². The highest BCUT2D eigenvalue weighted by Crippen LogP contribution is 2.38. The van der Waals surface area contributed by atoms with Crippen molar-refractivity contribution in [2.75, 3.05) is 32.8 Å². The van der Waals surface area contributed by atoms with Gasteiger partial charge < -0.3 is 4.74 Å². The molecular formula is C17H26N2O3S. The van der Waals surface area contributed by atoms with Crippen molar-refractivity contribution in [1.82, 2.24) is 9.62 Å². The molecule has 1 aliphatic carbocycles. The highest BCUT2D eigenvalue weighted by Gasteiger charge is 2.43. The topological polar surface area (TPSA) is 58.6 Å². The Balaban J connectivity index is 1.71. The lowest BCUT2D eigenvalue weighted by Crippen LogP contribution is -2.62. The zero-order valence-electron chi connectivity index (χ0n) is 14.0. The zero-order chi connectivity index (χ0) is 16.5. The lowest BCUT2D eigenvalue weighted by atomic mass is 9.75. The van der Waals surface area contributed by atoms with Crippen LogP contribution in [0.4, 0.5) is 0 Å². The molecule has 1 N–H and O–H groups in total. The molecule has 0 bridgehead atoms. The van der Waals surface area contributed by atoms with Crippen LogP contribution in [0.1, 0.15) is 30.4 Å². The van der Waals surface area contributed by atoms with E-state index in [1.54, 1.807) is 12.1 Å². The van der Waals surface area contributed by atoms with Crippen LogP contribution in [0.3, 0.4) is 0 Å². The second-order valence-corrected chi connectivity index (χ2v) is 8.51. The molecule has 0 aromatic heterocycles. The average molecular weight is 338 g/mol. The van der Waals surface area contributed by atoms with Gasteiger partial charge in [-0.25, -0.2) is 13.1 Å². The first kappa shape index (κ1) is 16.9. The molecule has 5 nitrogen and oxygen atoms in total. The van der Waals surface area contributed by atoms with E-state index in [0.717, 1.165) is 50.3 Å². The number of benzene rings is 1. The minimum absolute atomic E-state index is 0.0173. The fourth-order valence-electron chi connectivity index (χ4n) is 3.42. The normalized spacial score (nSPS) is 21.8. The lowest BCUT2D eigenvalue weighted by molar-refractivity contribution is -0.0527. The Hall–Kier alpha value is -0.950. The number of hydrogen-bond donors (Lipinski definition) is 1. The van der Waals surface area contributed by atoms with Crippen molar-refractivity contribution in [1.29, 1.82) is 0 Å². The SMILES string of the molecule is Cc1ccc(S(=O)(=O)NCC2(N3CCOCC3)CCC2)cc1C. The Labute approximate surface area is 139 Å². The molecule has 1 saturated carbocycles. The second-order valence-electron chi connectivity index (χ2n) is 6.75. The smallest absolute Gasteiger partial charge is 0.240 e. The van der Waals surface area contributed by atoms with Crippen molar-refractivity contribution in [3.8, 4) is 0 Å². The van der Waals surface area contributed by atoms with Crippen molar-refractivity contribution < 1.29 is 13.2 Å². The molecule has 0 unspecified atom stereocenters. The van der Waals surface area contributed by atoms with Crippen LogP contribution in [0, 0.1) is 13.8 Å². The summed E-state index contributed by atoms with van der Waals surface area (Å²) in [6.45, 7) is 7.69. The highest BCUT2D eigenvalue weighted by atomic mass is 32.2. The number of ether oxygens (including phenoxy) is 1. The largest absolute Gasteiger partial charge is 0.379 e. The minimum atomic E-state index is -3.46. The van der Waals surface area contributed by atoms with Crippen molar-refractivity contribution in [2.45, 2.75) is 43.5 Å². The first-order chi connectivity index (χ1) is 10.9. The number of nitrogens with zero attached hydrogens (tertiary/aromatic N) is 1. The quantitative estimate of drug-likeness (QED) is 0.890. The predicted octanol–water partition coefficient (Wildman–Crippen LogP) is 1.84. The molecule has 0 amide bonds. The Morgan fingerprint density at radius 3 is 2.43 bits per heavy atom. The van der Waals surface area contributed by atoms with E-state index in [1.165, 1.54) is 6.42 Å². The van der Waals surface area contributed by atoms with Crippen LogP contribution in [0.2, 0.25) is 0 Å². The third-order valence-corrected chi connectivity index (χ3v) is 6.75. The van der Waals surface area contributed by atoms with Crippen molar-refractivity contribution in [3.05, 3.63) is 29.3 Å². The van der Waals surface area contributed by atoms with E-state index in [1.807, 2.05) is 19.9 Å². The van der Waals surface area contributed by atoms with Gasteiger partial charge in [-0.3, -0.25) is 4.90 Å². The molecule has 1 aromatic carbocycles. The number of aryl methyl sites for hydroxylation is 2. The maximum absolute atomic E-state index is 12.6. The van der Waals surface area contributed by atoms with Crippen molar-refractivity contribution >= 4 is 10.0 Å². The van der Waals surface area contributed by atoms with Gasteiger partial charge in [0.15, 0.2) is 0 Å². The third kappa shape index (κ3) is 3.45. The van der Waals surface area contributed by atoms with E-state index >= 15 is 0 Å². The fourth-order valence-corrected chi connectivity index (χ4v) is 4.63. The minimum Gasteiger partial charge on any atom is -0.379 e. The molecule has 2 aliphatic rings. The predicted molar refractivity (Wildman–Crippen MR) is 90.1 cm³/mol. The van der Waals surface area contributed by atoms with E-state index in [9.17, 15) is 8.42 Å². The molecule has 1 heterocycles. The van der Waals surface area contributed by atoms with Crippen LogP contribution in [0.15, 0.2) is 23.1 Å². The van der Waals surface area contributed by atoms with E-state index in [-0.39, 0.29) is 5.54 Å². The van der Waals surface area contributed by atoms with E-state index in [2.05, 4.69) is 9.62 Å². The number of sulfonamides is 1. The Kier molecular flexibility index (Phi) is 4.78. The summed E-state index contributed by atoms with van der Waals surface area (Å²) in [5, 5.41) is 0. The molecule has 1 aliphatic heterocycles. The summed E-state index contributed by atoms with van der Waals surface area (Å²) in [4.78, 5) is 2.76. The van der Waals surface area contributed by atoms with Gasteiger partial charge in [0, 0.05) is 25.2 Å². The molecular weight excluding hydrogens is 312 g/mol. The molecule has 0 spiro atoms. The summed E-state index contributed by atoms with van der Waals surface area (Å²) in [6, 6.07) is 5.30. The molecule has 1 aromatic rings. The standard InChI is InChI=1S/C17H26N2O3S/c1-14-4-5-16(12-15(14)2)23(20,21)18-13-17(6-3-7-17)19-8-10-22-11-9-19/h4-5,12,18H,3,6-11,13H2,1-2H3. The van der Waals surface area contributed by atoms with Crippen LogP contribution < -0.4 is 4.72 Å². The van der Waals surface area contributed by atoms with E-state index < -0.39 is 10.0 Å². The molecule has 0 radical (unpaired) electrons. The van der Waals surface area contributed by atoms with Crippen LogP contribution in [0.25, 0.3) is 0 Å². The molecule has 3 rings (SSSR count). The zero-order valence-corrected chi connectivity index (χ0v) is 14.8. The van der Waals surface area contributed by atoms with Gasteiger partial charge in [-0.1, -0.05) is 6.07 Å². The van der Waals surface area contributed by atoms with Gasteiger partial charge >= 0.3 is 0 Å². The fraction of sp³-hybridized carbons (Fsp3) is 0.647. The van der Waals surface area contributed by atoms with Crippen LogP contribution in [0.5, 0.6) is 0 Å². The molecule has 128 valence electrons. The van der Waals surface area contributed by atoms with Gasteiger partial charge in [-0.05, 0) is 56.4 Å². The summed E-state index contributed by atoms with van der Waals surface area (Å²) in [5.41, 5.74) is 2.09.